The van der Waals surface area contributed by atoms with Crippen molar-refractivity contribution in [3.63, 3.8) is 0 Å². The summed E-state index contributed by atoms with van der Waals surface area (Å²) in [6, 6.07) is 0.392. The van der Waals surface area contributed by atoms with Crippen LogP contribution in [0.15, 0.2) is 0 Å². The zero-order valence-electron chi connectivity index (χ0n) is 13.0. The van der Waals surface area contributed by atoms with Gasteiger partial charge in [-0.1, -0.05) is 6.92 Å². The topological polar surface area (TPSA) is 67.8 Å². The van der Waals surface area contributed by atoms with Crippen molar-refractivity contribution in [1.29, 1.82) is 0 Å². The molecule has 0 spiro atoms. The van der Waals surface area contributed by atoms with Gasteiger partial charge < -0.3 is 14.6 Å². The van der Waals surface area contributed by atoms with Gasteiger partial charge in [0.2, 0.25) is 0 Å². The Morgan fingerprint density at radius 3 is 2.65 bits per heavy atom. The van der Waals surface area contributed by atoms with Crippen LogP contribution in [0.4, 0.5) is 0 Å². The maximum Gasteiger partial charge on any atom is 0.323 e. The van der Waals surface area contributed by atoms with E-state index in [4.69, 9.17) is 9.47 Å². The van der Waals surface area contributed by atoms with Crippen LogP contribution in [0.1, 0.15) is 52.9 Å². The Balaban J connectivity index is 2.29. The first-order chi connectivity index (χ1) is 9.54. The molecule has 0 bridgehead atoms. The van der Waals surface area contributed by atoms with Crippen LogP contribution in [0.3, 0.4) is 0 Å². The van der Waals surface area contributed by atoms with E-state index in [0.717, 1.165) is 19.3 Å². The number of aliphatic carboxylic acids is 1. The first-order valence-corrected chi connectivity index (χ1v) is 7.74. The summed E-state index contributed by atoms with van der Waals surface area (Å²) in [5.74, 6) is -0.741. The summed E-state index contributed by atoms with van der Waals surface area (Å²) in [7, 11) is 0. The molecule has 5 nitrogen and oxygen atoms in total. The SMILES string of the molecule is CCOCC(C)OCCCC(CC)(NC1CC1)C(=O)O. The van der Waals surface area contributed by atoms with Gasteiger partial charge in [-0.05, 0) is 46.0 Å². The maximum atomic E-state index is 11.6. The highest BCUT2D eigenvalue weighted by Gasteiger charge is 2.40. The van der Waals surface area contributed by atoms with Crippen molar-refractivity contribution in [2.45, 2.75) is 70.6 Å². The molecule has 2 unspecified atom stereocenters. The molecule has 0 radical (unpaired) electrons. The largest absolute Gasteiger partial charge is 0.480 e. The van der Waals surface area contributed by atoms with E-state index in [1.165, 1.54) is 0 Å². The number of carbonyl (C=O) groups is 1. The zero-order chi connectivity index (χ0) is 15.0. The van der Waals surface area contributed by atoms with Crippen LogP contribution in [0, 0.1) is 0 Å². The molecule has 0 aromatic heterocycles. The summed E-state index contributed by atoms with van der Waals surface area (Å²) >= 11 is 0. The van der Waals surface area contributed by atoms with Gasteiger partial charge in [-0.15, -0.1) is 0 Å². The Morgan fingerprint density at radius 2 is 2.15 bits per heavy atom. The molecule has 1 aliphatic rings. The quantitative estimate of drug-likeness (QED) is 0.539. The summed E-state index contributed by atoms with van der Waals surface area (Å²) in [5, 5.41) is 12.8. The van der Waals surface area contributed by atoms with E-state index in [-0.39, 0.29) is 6.10 Å². The molecule has 0 aliphatic heterocycles. The average molecular weight is 287 g/mol. The van der Waals surface area contributed by atoms with Crippen LogP contribution in [0.25, 0.3) is 0 Å². The van der Waals surface area contributed by atoms with Crippen molar-refractivity contribution >= 4 is 5.97 Å². The van der Waals surface area contributed by atoms with Crippen molar-refractivity contribution in [3.8, 4) is 0 Å². The van der Waals surface area contributed by atoms with Crippen molar-refractivity contribution < 1.29 is 19.4 Å². The zero-order valence-corrected chi connectivity index (χ0v) is 13.0. The fourth-order valence-electron chi connectivity index (χ4n) is 2.28. The molecule has 2 atom stereocenters. The van der Waals surface area contributed by atoms with Gasteiger partial charge in [0, 0.05) is 19.3 Å². The van der Waals surface area contributed by atoms with Crippen LogP contribution >= 0.6 is 0 Å². The van der Waals surface area contributed by atoms with Crippen molar-refractivity contribution in [1.82, 2.24) is 5.32 Å². The molecule has 1 rings (SSSR count). The van der Waals surface area contributed by atoms with Gasteiger partial charge in [0.25, 0.3) is 0 Å². The molecule has 1 saturated carbocycles. The molecular weight excluding hydrogens is 258 g/mol. The Hall–Kier alpha value is -0.650. The molecule has 1 aliphatic carbocycles. The molecule has 1 fully saturated rings. The summed E-state index contributed by atoms with van der Waals surface area (Å²) in [6.07, 6.45) is 4.21. The minimum atomic E-state index is -0.784. The Kier molecular flexibility index (Phi) is 7.48. The summed E-state index contributed by atoms with van der Waals surface area (Å²) in [5.41, 5.74) is -0.784. The van der Waals surface area contributed by atoms with Gasteiger partial charge in [-0.2, -0.15) is 0 Å². The number of nitrogens with one attached hydrogen (secondary N) is 1. The normalized spacial score (nSPS) is 19.6. The second-order valence-electron chi connectivity index (χ2n) is 5.60. The lowest BCUT2D eigenvalue weighted by atomic mass is 9.90. The Bertz CT molecular complexity index is 294. The lowest BCUT2D eigenvalue weighted by molar-refractivity contribution is -0.145. The molecule has 0 heterocycles. The summed E-state index contributed by atoms with van der Waals surface area (Å²) < 4.78 is 10.9. The predicted octanol–water partition coefficient (Wildman–Crippen LogP) is 2.19. The third kappa shape index (κ3) is 5.77. The first kappa shape index (κ1) is 17.4. The van der Waals surface area contributed by atoms with Crippen LogP contribution in [0.5, 0.6) is 0 Å². The molecule has 5 heteroatoms. The van der Waals surface area contributed by atoms with Gasteiger partial charge in [-0.3, -0.25) is 10.1 Å². The Morgan fingerprint density at radius 1 is 1.45 bits per heavy atom. The van der Waals surface area contributed by atoms with E-state index in [1.54, 1.807) is 0 Å². The van der Waals surface area contributed by atoms with Crippen LogP contribution in [-0.4, -0.2) is 48.6 Å². The molecule has 118 valence electrons. The number of rotatable bonds is 12. The number of hydrogen-bond donors (Lipinski definition) is 2. The van der Waals surface area contributed by atoms with E-state index < -0.39 is 11.5 Å². The molecule has 0 aromatic carbocycles. The number of carboxylic acid groups (broad SMARTS) is 1. The third-order valence-electron chi connectivity index (χ3n) is 3.78. The molecule has 0 aromatic rings. The van der Waals surface area contributed by atoms with Crippen molar-refractivity contribution in [2.24, 2.45) is 0 Å². The molecule has 0 saturated heterocycles. The van der Waals surface area contributed by atoms with E-state index >= 15 is 0 Å². The van der Waals surface area contributed by atoms with Gasteiger partial charge in [0.05, 0.1) is 12.7 Å². The van der Waals surface area contributed by atoms with Gasteiger partial charge in [-0.25, -0.2) is 0 Å². The molecule has 0 amide bonds. The monoisotopic (exact) mass is 287 g/mol. The predicted molar refractivity (Wildman–Crippen MR) is 78.0 cm³/mol. The lowest BCUT2D eigenvalue weighted by Gasteiger charge is -2.30. The smallest absolute Gasteiger partial charge is 0.323 e. The lowest BCUT2D eigenvalue weighted by Crippen LogP contribution is -2.52. The van der Waals surface area contributed by atoms with Gasteiger partial charge in [0.15, 0.2) is 0 Å². The summed E-state index contributed by atoms with van der Waals surface area (Å²) in [4.78, 5) is 11.6. The highest BCUT2D eigenvalue weighted by atomic mass is 16.5. The van der Waals surface area contributed by atoms with Crippen LogP contribution in [0.2, 0.25) is 0 Å². The van der Waals surface area contributed by atoms with Crippen LogP contribution < -0.4 is 5.32 Å². The standard InChI is InChI=1S/C15H29NO4/c1-4-15(14(17)18,16-13-7-8-13)9-6-10-20-12(3)11-19-5-2/h12-13,16H,4-11H2,1-3H3,(H,17,18). The summed E-state index contributed by atoms with van der Waals surface area (Å²) in [6.45, 7) is 7.73. The minimum absolute atomic E-state index is 0.0622. The van der Waals surface area contributed by atoms with E-state index in [9.17, 15) is 9.90 Å². The fourth-order valence-corrected chi connectivity index (χ4v) is 2.28. The van der Waals surface area contributed by atoms with Crippen molar-refractivity contribution in [3.05, 3.63) is 0 Å². The van der Waals surface area contributed by atoms with Gasteiger partial charge in [0.1, 0.15) is 5.54 Å². The van der Waals surface area contributed by atoms with E-state index in [2.05, 4.69) is 5.32 Å². The molecule has 2 N–H and O–H groups in total. The average Bonchev–Trinajstić information content (AvgIpc) is 3.23. The number of carboxylic acids is 1. The van der Waals surface area contributed by atoms with Gasteiger partial charge >= 0.3 is 5.97 Å². The second kappa shape index (κ2) is 8.60. The Labute approximate surface area is 122 Å². The molecular formula is C15H29NO4. The second-order valence-corrected chi connectivity index (χ2v) is 5.60. The minimum Gasteiger partial charge on any atom is -0.480 e. The third-order valence-corrected chi connectivity index (χ3v) is 3.78. The number of hydrogen-bond acceptors (Lipinski definition) is 4. The van der Waals surface area contributed by atoms with Crippen molar-refractivity contribution in [2.75, 3.05) is 19.8 Å². The maximum absolute atomic E-state index is 11.6. The van der Waals surface area contributed by atoms with E-state index in [0.29, 0.717) is 38.7 Å². The van der Waals surface area contributed by atoms with Crippen LogP contribution in [-0.2, 0) is 14.3 Å². The number of ether oxygens (including phenoxy) is 2. The van der Waals surface area contributed by atoms with E-state index in [1.807, 2.05) is 20.8 Å². The fraction of sp³-hybridized carbons (Fsp3) is 0.933. The molecule has 20 heavy (non-hydrogen) atoms. The highest BCUT2D eigenvalue weighted by Crippen LogP contribution is 2.27. The first-order valence-electron chi connectivity index (χ1n) is 7.74. The highest BCUT2D eigenvalue weighted by molar-refractivity contribution is 5.78.